The molecule has 5 nitrogen and oxygen atoms in total. The van der Waals surface area contributed by atoms with Crippen LogP contribution in [0.2, 0.25) is 0 Å². The Hall–Kier alpha value is -2.82. The fourth-order valence-electron chi connectivity index (χ4n) is 4.01. The van der Waals surface area contributed by atoms with E-state index in [-0.39, 0.29) is 17.9 Å². The van der Waals surface area contributed by atoms with Gasteiger partial charge in [0.15, 0.2) is 0 Å². The minimum absolute atomic E-state index is 0.102. The normalized spacial score (nSPS) is 12.0. The number of aromatic nitrogens is 2. The Bertz CT molecular complexity index is 1050. The molecule has 5 heteroatoms. The first kappa shape index (κ1) is 24.8. The third kappa shape index (κ3) is 6.59. The van der Waals surface area contributed by atoms with Crippen LogP contribution in [-0.2, 0) is 23.4 Å². The quantitative estimate of drug-likeness (QED) is 0.399. The highest BCUT2D eigenvalue weighted by Crippen LogP contribution is 2.25. The van der Waals surface area contributed by atoms with Crippen molar-refractivity contribution in [3.05, 3.63) is 59.9 Å². The molecule has 1 heterocycles. The standard InChI is InChI=1S/C28H39N3O2/c1-20(2)16-30(17-21(3)4)27(32)18-31-25-11-9-8-10-24(25)29-26(31)19-33-23-14-12-22(13-15-23)28(5,6)7/h8-15,20-21H,16-19H2,1-7H3. The molecule has 1 aromatic heterocycles. The second kappa shape index (κ2) is 10.4. The molecule has 2 aromatic carbocycles. The molecule has 33 heavy (non-hydrogen) atoms. The van der Waals surface area contributed by atoms with Gasteiger partial charge in [0, 0.05) is 13.1 Å². The van der Waals surface area contributed by atoms with Gasteiger partial charge in [-0.25, -0.2) is 4.98 Å². The zero-order valence-electron chi connectivity index (χ0n) is 21.3. The number of hydrogen-bond donors (Lipinski definition) is 0. The van der Waals surface area contributed by atoms with Crippen molar-refractivity contribution in [1.82, 2.24) is 14.5 Å². The van der Waals surface area contributed by atoms with Crippen LogP contribution in [0.15, 0.2) is 48.5 Å². The number of imidazole rings is 1. The van der Waals surface area contributed by atoms with Crippen LogP contribution < -0.4 is 4.74 Å². The number of fused-ring (bicyclic) bond motifs is 1. The summed E-state index contributed by atoms with van der Waals surface area (Å²) in [5, 5.41) is 0. The summed E-state index contributed by atoms with van der Waals surface area (Å²) >= 11 is 0. The van der Waals surface area contributed by atoms with E-state index in [2.05, 4.69) is 60.6 Å². The molecule has 3 rings (SSSR count). The number of ether oxygens (including phenoxy) is 1. The van der Waals surface area contributed by atoms with Gasteiger partial charge in [0.2, 0.25) is 5.91 Å². The van der Waals surface area contributed by atoms with E-state index in [9.17, 15) is 4.79 Å². The molecular formula is C28H39N3O2. The van der Waals surface area contributed by atoms with Crippen molar-refractivity contribution in [3.8, 4) is 5.75 Å². The van der Waals surface area contributed by atoms with Gasteiger partial charge in [-0.15, -0.1) is 0 Å². The number of para-hydroxylation sites is 2. The van der Waals surface area contributed by atoms with Gasteiger partial charge in [0.05, 0.1) is 11.0 Å². The summed E-state index contributed by atoms with van der Waals surface area (Å²) in [5.41, 5.74) is 3.21. The molecule has 0 saturated carbocycles. The number of nitrogens with zero attached hydrogens (tertiary/aromatic N) is 3. The molecule has 0 radical (unpaired) electrons. The van der Waals surface area contributed by atoms with Gasteiger partial charge in [0.1, 0.15) is 24.7 Å². The Kier molecular flexibility index (Phi) is 7.83. The van der Waals surface area contributed by atoms with E-state index < -0.39 is 0 Å². The molecule has 0 bridgehead atoms. The molecular weight excluding hydrogens is 410 g/mol. The van der Waals surface area contributed by atoms with Gasteiger partial charge in [-0.3, -0.25) is 4.79 Å². The van der Waals surface area contributed by atoms with Crippen molar-refractivity contribution in [3.63, 3.8) is 0 Å². The van der Waals surface area contributed by atoms with Crippen molar-refractivity contribution in [2.45, 2.75) is 67.0 Å². The molecule has 0 aliphatic heterocycles. The molecule has 0 fully saturated rings. The summed E-state index contributed by atoms with van der Waals surface area (Å²) in [6.45, 7) is 17.3. The first-order valence-electron chi connectivity index (χ1n) is 12.0. The van der Waals surface area contributed by atoms with E-state index in [1.165, 1.54) is 5.56 Å². The van der Waals surface area contributed by atoms with Crippen molar-refractivity contribution >= 4 is 16.9 Å². The highest BCUT2D eigenvalue weighted by Gasteiger charge is 2.20. The molecule has 1 amide bonds. The smallest absolute Gasteiger partial charge is 0.242 e. The fraction of sp³-hybridized carbons (Fsp3) is 0.500. The summed E-state index contributed by atoms with van der Waals surface area (Å²) in [5.74, 6) is 2.53. The van der Waals surface area contributed by atoms with Crippen LogP contribution in [0.25, 0.3) is 11.0 Å². The molecule has 0 saturated heterocycles. The number of benzene rings is 2. The maximum Gasteiger partial charge on any atom is 0.242 e. The lowest BCUT2D eigenvalue weighted by Crippen LogP contribution is -2.39. The summed E-state index contributed by atoms with van der Waals surface area (Å²) in [6.07, 6.45) is 0. The molecule has 178 valence electrons. The van der Waals surface area contributed by atoms with E-state index in [1.54, 1.807) is 0 Å². The summed E-state index contributed by atoms with van der Waals surface area (Å²) in [6, 6.07) is 16.2. The van der Waals surface area contributed by atoms with E-state index in [0.717, 1.165) is 35.7 Å². The lowest BCUT2D eigenvalue weighted by atomic mass is 9.87. The van der Waals surface area contributed by atoms with E-state index in [0.29, 0.717) is 18.4 Å². The summed E-state index contributed by atoms with van der Waals surface area (Å²) in [7, 11) is 0. The van der Waals surface area contributed by atoms with Crippen molar-refractivity contribution in [2.24, 2.45) is 11.8 Å². The van der Waals surface area contributed by atoms with Crippen LogP contribution in [0.4, 0.5) is 0 Å². The lowest BCUT2D eigenvalue weighted by Gasteiger charge is -2.27. The molecule has 0 spiro atoms. The number of rotatable bonds is 9. The first-order chi connectivity index (χ1) is 15.5. The van der Waals surface area contributed by atoms with Crippen LogP contribution in [-0.4, -0.2) is 33.4 Å². The van der Waals surface area contributed by atoms with Gasteiger partial charge in [-0.05, 0) is 47.1 Å². The largest absolute Gasteiger partial charge is 0.486 e. The van der Waals surface area contributed by atoms with Gasteiger partial charge in [-0.1, -0.05) is 72.7 Å². The zero-order valence-corrected chi connectivity index (χ0v) is 21.3. The molecule has 0 N–H and O–H groups in total. The predicted molar refractivity (Wildman–Crippen MR) is 135 cm³/mol. The Morgan fingerprint density at radius 3 is 2.15 bits per heavy atom. The topological polar surface area (TPSA) is 47.4 Å². The van der Waals surface area contributed by atoms with Crippen LogP contribution >= 0.6 is 0 Å². The molecule has 0 unspecified atom stereocenters. The number of carbonyl (C=O) groups excluding carboxylic acids is 1. The first-order valence-corrected chi connectivity index (χ1v) is 12.0. The predicted octanol–water partition coefficient (Wildman–Crippen LogP) is 6.05. The number of hydrogen-bond acceptors (Lipinski definition) is 3. The molecule has 3 aromatic rings. The van der Waals surface area contributed by atoms with Gasteiger partial charge in [-0.2, -0.15) is 0 Å². The fourth-order valence-corrected chi connectivity index (χ4v) is 4.01. The third-order valence-electron chi connectivity index (χ3n) is 5.64. The summed E-state index contributed by atoms with van der Waals surface area (Å²) in [4.78, 5) is 20.1. The Morgan fingerprint density at radius 2 is 1.58 bits per heavy atom. The third-order valence-corrected chi connectivity index (χ3v) is 5.64. The van der Waals surface area contributed by atoms with Gasteiger partial charge >= 0.3 is 0 Å². The Morgan fingerprint density at radius 1 is 0.970 bits per heavy atom. The van der Waals surface area contributed by atoms with Gasteiger partial charge < -0.3 is 14.2 Å². The van der Waals surface area contributed by atoms with Crippen molar-refractivity contribution < 1.29 is 9.53 Å². The average molecular weight is 450 g/mol. The highest BCUT2D eigenvalue weighted by molar-refractivity contribution is 5.81. The zero-order chi connectivity index (χ0) is 24.2. The van der Waals surface area contributed by atoms with Crippen LogP contribution in [0, 0.1) is 11.8 Å². The van der Waals surface area contributed by atoms with E-state index in [1.807, 2.05) is 45.9 Å². The highest BCUT2D eigenvalue weighted by atomic mass is 16.5. The second-order valence-corrected chi connectivity index (χ2v) is 10.8. The van der Waals surface area contributed by atoms with E-state index >= 15 is 0 Å². The van der Waals surface area contributed by atoms with Crippen molar-refractivity contribution in [1.29, 1.82) is 0 Å². The molecule has 0 atom stereocenters. The van der Waals surface area contributed by atoms with Crippen molar-refractivity contribution in [2.75, 3.05) is 13.1 Å². The minimum atomic E-state index is 0.102. The Balaban J connectivity index is 1.82. The maximum atomic E-state index is 13.3. The van der Waals surface area contributed by atoms with Crippen LogP contribution in [0.1, 0.15) is 59.9 Å². The number of carbonyl (C=O) groups is 1. The second-order valence-electron chi connectivity index (χ2n) is 10.8. The van der Waals surface area contributed by atoms with Crippen LogP contribution in [0.3, 0.4) is 0 Å². The lowest BCUT2D eigenvalue weighted by molar-refractivity contribution is -0.132. The SMILES string of the molecule is CC(C)CN(CC(C)C)C(=O)Cn1c(COc2ccc(C(C)(C)C)cc2)nc2ccccc21. The molecule has 0 aliphatic carbocycles. The number of amides is 1. The average Bonchev–Trinajstić information content (AvgIpc) is 3.08. The van der Waals surface area contributed by atoms with Gasteiger partial charge in [0.25, 0.3) is 0 Å². The maximum absolute atomic E-state index is 13.3. The molecule has 0 aliphatic rings. The Labute approximate surface area is 198 Å². The monoisotopic (exact) mass is 449 g/mol. The van der Waals surface area contributed by atoms with Crippen LogP contribution in [0.5, 0.6) is 5.75 Å². The minimum Gasteiger partial charge on any atom is -0.486 e. The van der Waals surface area contributed by atoms with E-state index in [4.69, 9.17) is 9.72 Å². The summed E-state index contributed by atoms with van der Waals surface area (Å²) < 4.78 is 8.10.